The summed E-state index contributed by atoms with van der Waals surface area (Å²) in [5.74, 6) is 0. The van der Waals surface area contributed by atoms with Gasteiger partial charge in [-0.05, 0) is 0 Å². The van der Waals surface area contributed by atoms with Crippen LogP contribution in [0.3, 0.4) is 0 Å². The standard InChI is InChI=1S/C44H28N4.ClH.Ga/c1-5-13-29(14-6-1)41-33-21-23-35(45-33)42(30-15-7-2-8-16-30)37-25-27-39(47-37)44(32-19-11-4-12-20-32)40-28-26-38(48-40)43(31-17-9-3-10-18-31)36-24-22-34(41)46-36;;/h1-28H;1H;/q-2;;+3/p-1. The van der Waals surface area contributed by atoms with Crippen LogP contribution in [0.2, 0.25) is 0 Å². The molecule has 0 saturated heterocycles. The molecule has 0 amide bonds. The predicted molar refractivity (Wildman–Crippen MR) is 206 cm³/mol. The molecule has 2 aromatic heterocycles. The van der Waals surface area contributed by atoms with Gasteiger partial charge in [0.1, 0.15) is 0 Å². The predicted octanol–water partition coefficient (Wildman–Crippen LogP) is 7.88. The Kier molecular flexibility index (Phi) is 6.91. The van der Waals surface area contributed by atoms with Crippen molar-refractivity contribution in [2.24, 2.45) is 9.98 Å². The van der Waals surface area contributed by atoms with Crippen LogP contribution in [-0.4, -0.2) is 33.7 Å². The van der Waals surface area contributed by atoms with Gasteiger partial charge in [-0.25, -0.2) is 0 Å². The Labute approximate surface area is 299 Å². The van der Waals surface area contributed by atoms with Crippen LogP contribution in [0.25, 0.3) is 22.3 Å². The monoisotopic (exact) mass is 716 g/mol. The quantitative estimate of drug-likeness (QED) is 0.167. The van der Waals surface area contributed by atoms with Gasteiger partial charge in [-0.3, -0.25) is 0 Å². The van der Waals surface area contributed by atoms with Crippen molar-refractivity contribution in [1.29, 1.82) is 0 Å². The van der Waals surface area contributed by atoms with Crippen molar-refractivity contribution in [3.63, 3.8) is 0 Å². The van der Waals surface area contributed by atoms with E-state index in [9.17, 15) is 0 Å². The third-order valence-corrected chi connectivity index (χ3v) is 16.0. The molecule has 4 aliphatic heterocycles. The average Bonchev–Trinajstić information content (AvgIpc) is 3.99. The number of hydrogen-bond donors (Lipinski definition) is 0. The Morgan fingerprint density at radius 1 is 0.380 bits per heavy atom. The van der Waals surface area contributed by atoms with Crippen LogP contribution in [0, 0.1) is 0 Å². The van der Waals surface area contributed by atoms with Crippen LogP contribution in [0.1, 0.15) is 33.6 Å². The minimum atomic E-state index is -3.39. The summed E-state index contributed by atoms with van der Waals surface area (Å²) in [6.45, 7) is 0. The summed E-state index contributed by atoms with van der Waals surface area (Å²) < 4.78 is 4.94. The van der Waals surface area contributed by atoms with E-state index in [0.717, 1.165) is 89.4 Å². The first-order valence-electron chi connectivity index (χ1n) is 16.8. The summed E-state index contributed by atoms with van der Waals surface area (Å²) in [4.78, 5) is 10.9. The van der Waals surface area contributed by atoms with Crippen molar-refractivity contribution in [1.82, 2.24) is 6.55 Å². The van der Waals surface area contributed by atoms with Gasteiger partial charge < -0.3 is 0 Å². The van der Waals surface area contributed by atoms with Crippen LogP contribution in [0.15, 0.2) is 191 Å². The fraction of sp³-hybridized carbons (Fsp3) is 0. The zero-order chi connectivity index (χ0) is 33.2. The van der Waals surface area contributed by atoms with Crippen molar-refractivity contribution in [2.75, 3.05) is 0 Å². The van der Waals surface area contributed by atoms with Gasteiger partial charge >= 0.3 is 301 Å². The van der Waals surface area contributed by atoms with Crippen molar-refractivity contribution in [3.05, 3.63) is 226 Å². The molecule has 4 aromatic carbocycles. The number of allylic oxidation sites excluding steroid dienone is 4. The van der Waals surface area contributed by atoms with Crippen LogP contribution >= 0.6 is 9.64 Å². The molecule has 0 saturated carbocycles. The third-order valence-electron chi connectivity index (χ3n) is 9.84. The molecule has 50 heavy (non-hydrogen) atoms. The number of benzene rings is 4. The fourth-order valence-corrected chi connectivity index (χ4v) is 14.1. The molecule has 0 aliphatic carbocycles. The Morgan fingerprint density at radius 2 is 0.740 bits per heavy atom. The average molecular weight is 718 g/mol. The second-order valence-electron chi connectivity index (χ2n) is 12.7. The number of aromatic nitrogens is 2. The molecule has 6 bridgehead atoms. The summed E-state index contributed by atoms with van der Waals surface area (Å²) in [6.07, 6.45) is 8.66. The molecule has 0 N–H and O–H groups in total. The van der Waals surface area contributed by atoms with Crippen molar-refractivity contribution in [2.45, 2.75) is 0 Å². The summed E-state index contributed by atoms with van der Waals surface area (Å²) in [6, 6.07) is 51.4. The molecule has 0 spiro atoms. The van der Waals surface area contributed by atoms with Gasteiger partial charge in [-0.1, -0.05) is 0 Å². The Morgan fingerprint density at radius 3 is 1.12 bits per heavy atom. The third kappa shape index (κ3) is 4.55. The zero-order valence-corrected chi connectivity index (χ0v) is 30.1. The SMILES string of the molecule is [Cl][Ga]1[n]2c3ccc2C(c2ccccc2)=C2C=CC(=N2)C(c2ccccc2)=c2ccc([n]21)=C(c1ccccc1)C1=NC(=C3c2ccccc2)C=C1. The molecular weight excluding hydrogens is 690 g/mol. The Bertz CT molecular complexity index is 2490. The van der Waals surface area contributed by atoms with E-state index in [0.29, 0.717) is 0 Å². The number of hydrogen-bond acceptors (Lipinski definition) is 2. The maximum absolute atomic E-state index is 8.28. The molecule has 10 rings (SSSR count). The van der Waals surface area contributed by atoms with E-state index in [-0.39, 0.29) is 0 Å². The van der Waals surface area contributed by atoms with Gasteiger partial charge in [-0.15, -0.1) is 0 Å². The zero-order valence-electron chi connectivity index (χ0n) is 26.9. The topological polar surface area (TPSA) is 34.6 Å². The van der Waals surface area contributed by atoms with Gasteiger partial charge in [0.05, 0.1) is 0 Å². The van der Waals surface area contributed by atoms with Gasteiger partial charge in [0, 0.05) is 0 Å². The number of halogens is 1. The number of rotatable bonds is 4. The molecule has 4 aliphatic rings. The summed E-state index contributed by atoms with van der Waals surface area (Å²) in [5, 5.41) is 2.12. The first-order chi connectivity index (χ1) is 24.7. The summed E-state index contributed by atoms with van der Waals surface area (Å²) in [7, 11) is 8.28. The van der Waals surface area contributed by atoms with Gasteiger partial charge in [-0.2, -0.15) is 0 Å². The Hall–Kier alpha value is -5.59. The number of aliphatic imine (C=N–C) groups is 2. The summed E-state index contributed by atoms with van der Waals surface area (Å²) >= 11 is -3.39. The molecule has 0 atom stereocenters. The van der Waals surface area contributed by atoms with Gasteiger partial charge in [0.2, 0.25) is 0 Å². The van der Waals surface area contributed by atoms with E-state index in [4.69, 9.17) is 19.6 Å². The second kappa shape index (κ2) is 11.8. The van der Waals surface area contributed by atoms with Gasteiger partial charge in [0.15, 0.2) is 0 Å². The van der Waals surface area contributed by atoms with E-state index in [1.165, 1.54) is 0 Å². The molecule has 4 nitrogen and oxygen atoms in total. The first-order valence-corrected chi connectivity index (χ1v) is 22.2. The van der Waals surface area contributed by atoms with Crippen molar-refractivity contribution in [3.8, 4) is 0 Å². The number of fused-ring (bicyclic) bond motifs is 2. The van der Waals surface area contributed by atoms with Crippen LogP contribution in [0.5, 0.6) is 0 Å². The molecule has 234 valence electrons. The minimum absolute atomic E-state index is 0.927. The van der Waals surface area contributed by atoms with Crippen LogP contribution in [-0.2, 0) is 0 Å². The van der Waals surface area contributed by atoms with Crippen LogP contribution in [0.4, 0.5) is 0 Å². The molecule has 6 heterocycles. The normalized spacial score (nSPS) is 15.9. The second-order valence-corrected chi connectivity index (χ2v) is 18.2. The number of nitrogens with zero attached hydrogens (tertiary/aromatic N) is 4. The molecule has 0 unspecified atom stereocenters. The molecule has 6 heteroatoms. The van der Waals surface area contributed by atoms with E-state index in [2.05, 4.69) is 176 Å². The molecular formula is C44H28ClGaN4. The maximum atomic E-state index is 8.28. The van der Waals surface area contributed by atoms with E-state index in [1.807, 2.05) is 0 Å². The van der Waals surface area contributed by atoms with E-state index >= 15 is 0 Å². The van der Waals surface area contributed by atoms with Crippen LogP contribution < -0.4 is 10.7 Å². The fourth-order valence-electron chi connectivity index (χ4n) is 7.69. The molecule has 0 radical (unpaired) electrons. The van der Waals surface area contributed by atoms with Gasteiger partial charge in [0.25, 0.3) is 0 Å². The van der Waals surface area contributed by atoms with Crippen molar-refractivity contribution < 1.29 is 0 Å². The van der Waals surface area contributed by atoms with Crippen molar-refractivity contribution >= 4 is 59.1 Å². The molecule has 0 fully saturated rings. The van der Waals surface area contributed by atoms with E-state index < -0.39 is 15.7 Å². The van der Waals surface area contributed by atoms with E-state index in [1.54, 1.807) is 0 Å². The Balaban J connectivity index is 1.45. The summed E-state index contributed by atoms with van der Waals surface area (Å²) in [5.41, 5.74) is 14.5. The molecule has 6 aromatic rings. The first kappa shape index (κ1) is 29.3.